The van der Waals surface area contributed by atoms with E-state index < -0.39 is 139 Å². The van der Waals surface area contributed by atoms with Crippen LogP contribution in [0.1, 0.15) is 76.0 Å². The number of aliphatic imine (C=N–C) groups is 1. The van der Waals surface area contributed by atoms with E-state index in [0.29, 0.717) is 35.0 Å². The first-order chi connectivity index (χ1) is 38.0. The number of guanidine groups is 1. The lowest BCUT2D eigenvalue weighted by molar-refractivity contribution is -0.149. The van der Waals surface area contributed by atoms with Gasteiger partial charge in [-0.15, -0.1) is 0 Å². The minimum atomic E-state index is -1.87. The van der Waals surface area contributed by atoms with Crippen LogP contribution in [0.25, 0.3) is 10.9 Å². The number of carbonyl (C=O) groups is 11. The standard InChI is InChI=1S/C49H71N17O14/c1-24(68)39(48(79)80)64-45(76)35-10-5-15-65(35)47(78)36-11-6-16-66(36)46(77)33(17-25-20-57-29-8-3-2-7-27(25)29)62-43(74)32(19-38(52)70)61-44(75)34(22-67)63-41(72)30(9-4-14-56-49(53)54)59-42(73)31(18-26-21-55-23-58-26)60-40(71)28(50)12-13-37(51)69/h2-3,7-8,20-21,23-24,28,30-36,39,57,67-68H,4-6,9-19,22,50H2,1H3,(H2,51,69)(H2,52,70)(H,55,58)(H,59,73)(H,60,71)(H,61,75)(H,62,74)(H,63,72)(H,64,76)(H,79,80)(H4,53,54,56)/t24-,28+,30+,31+,32+,33+,34+,35+,36+,39+/m1/s1. The second-order valence-corrected chi connectivity index (χ2v) is 19.5. The quantitative estimate of drug-likeness (QED) is 0.0168. The molecule has 0 unspecified atom stereocenters. The molecule has 2 aliphatic rings. The number of carboxylic acids is 1. The Hall–Kier alpha value is -8.71. The number of aliphatic carboxylic acids is 1. The lowest BCUT2D eigenvalue weighted by atomic mass is 10.0. The first kappa shape index (κ1) is 62.1. The van der Waals surface area contributed by atoms with Gasteiger partial charge in [-0.3, -0.25) is 52.9 Å². The molecule has 31 nitrogen and oxygen atoms in total. The summed E-state index contributed by atoms with van der Waals surface area (Å²) < 4.78 is 0. The lowest BCUT2D eigenvalue weighted by Gasteiger charge is -2.33. The maximum atomic E-state index is 14.8. The van der Waals surface area contributed by atoms with Crippen molar-refractivity contribution in [3.63, 3.8) is 0 Å². The number of primary amides is 2. The van der Waals surface area contributed by atoms with Gasteiger partial charge in [0.2, 0.25) is 59.1 Å². The van der Waals surface area contributed by atoms with Crippen LogP contribution in [0.5, 0.6) is 0 Å². The number of nitrogens with zero attached hydrogens (tertiary/aromatic N) is 4. The van der Waals surface area contributed by atoms with Crippen molar-refractivity contribution in [3.05, 3.63) is 54.2 Å². The number of nitrogens with one attached hydrogen (secondary N) is 8. The Labute approximate surface area is 457 Å². The Morgan fingerprint density at radius 3 is 1.99 bits per heavy atom. The van der Waals surface area contributed by atoms with Gasteiger partial charge in [0.25, 0.3) is 0 Å². The lowest BCUT2D eigenvalue weighted by Crippen LogP contribution is -2.61. The Bertz CT molecular complexity index is 2750. The van der Waals surface area contributed by atoms with Crippen molar-refractivity contribution < 1.29 is 68.1 Å². The van der Waals surface area contributed by atoms with E-state index in [0.717, 1.165) is 0 Å². The van der Waals surface area contributed by atoms with Crippen molar-refractivity contribution in [1.82, 2.24) is 56.7 Å². The highest BCUT2D eigenvalue weighted by molar-refractivity contribution is 6.00. The summed E-state index contributed by atoms with van der Waals surface area (Å²) in [6, 6.07) is -6.26. The first-order valence-electron chi connectivity index (χ1n) is 25.8. The fourth-order valence-corrected chi connectivity index (χ4v) is 9.34. The van der Waals surface area contributed by atoms with Crippen molar-refractivity contribution in [1.29, 1.82) is 0 Å². The number of benzene rings is 1. The number of aliphatic hydroxyl groups is 2. The molecule has 80 heavy (non-hydrogen) atoms. The number of aliphatic hydroxyl groups excluding tert-OH is 2. The third-order valence-electron chi connectivity index (χ3n) is 13.5. The molecule has 2 aromatic heterocycles. The smallest absolute Gasteiger partial charge is 0.328 e. The number of fused-ring (bicyclic) bond motifs is 1. The molecular weight excluding hydrogens is 1050 g/mol. The zero-order chi connectivity index (χ0) is 58.8. The van der Waals surface area contributed by atoms with Crippen molar-refractivity contribution >= 4 is 81.9 Å². The molecule has 0 aliphatic carbocycles. The topological polar surface area (TPSA) is 514 Å². The van der Waals surface area contributed by atoms with Gasteiger partial charge in [-0.1, -0.05) is 18.2 Å². The molecule has 10 atom stereocenters. The van der Waals surface area contributed by atoms with Crippen LogP contribution in [0, 0.1) is 0 Å². The molecule has 2 fully saturated rings. The van der Waals surface area contributed by atoms with Crippen molar-refractivity contribution in [3.8, 4) is 0 Å². The van der Waals surface area contributed by atoms with Crippen molar-refractivity contribution in [2.45, 2.75) is 138 Å². The van der Waals surface area contributed by atoms with Gasteiger partial charge in [0, 0.05) is 67.9 Å². The third-order valence-corrected chi connectivity index (χ3v) is 13.5. The maximum absolute atomic E-state index is 14.8. The van der Waals surface area contributed by atoms with Crippen LogP contribution in [-0.2, 0) is 65.6 Å². The predicted octanol–water partition coefficient (Wildman–Crippen LogP) is -6.45. The van der Waals surface area contributed by atoms with Crippen molar-refractivity contribution in [2.24, 2.45) is 33.7 Å². The Balaban J connectivity index is 1.36. The number of carboxylic acid groups (broad SMARTS) is 1. The molecule has 3 aromatic rings. The number of imidazole rings is 1. The molecule has 0 spiro atoms. The van der Waals surface area contributed by atoms with E-state index in [1.54, 1.807) is 30.5 Å². The van der Waals surface area contributed by atoms with Gasteiger partial charge in [-0.2, -0.15) is 0 Å². The normalized spacial score (nSPS) is 18.0. The minimum absolute atomic E-state index is 0.0307. The van der Waals surface area contributed by atoms with Crippen LogP contribution in [0.15, 0.2) is 48.0 Å². The second kappa shape index (κ2) is 29.3. The largest absolute Gasteiger partial charge is 0.480 e. The molecule has 2 aliphatic heterocycles. The molecule has 21 N–H and O–H groups in total. The Kier molecular flexibility index (Phi) is 22.8. The highest BCUT2D eigenvalue weighted by Crippen LogP contribution is 2.27. The van der Waals surface area contributed by atoms with E-state index in [2.05, 4.69) is 51.8 Å². The minimum Gasteiger partial charge on any atom is -0.480 e. The van der Waals surface area contributed by atoms with Gasteiger partial charge in [0.1, 0.15) is 42.3 Å². The zero-order valence-electron chi connectivity index (χ0n) is 43.9. The summed E-state index contributed by atoms with van der Waals surface area (Å²) in [5.41, 5.74) is 29.3. The summed E-state index contributed by atoms with van der Waals surface area (Å²) >= 11 is 0. The zero-order valence-corrected chi connectivity index (χ0v) is 43.9. The Morgan fingerprint density at radius 1 is 0.738 bits per heavy atom. The van der Waals surface area contributed by atoms with Crippen LogP contribution in [0.4, 0.5) is 0 Å². The number of rotatable bonds is 30. The van der Waals surface area contributed by atoms with Gasteiger partial charge in [-0.05, 0) is 63.5 Å². The fraction of sp³-hybridized carbons (Fsp3) is 0.531. The molecular formula is C49H71N17O14. The van der Waals surface area contributed by atoms with E-state index in [9.17, 15) is 68.1 Å². The summed E-state index contributed by atoms with van der Waals surface area (Å²) in [6.45, 7) is 0.182. The second-order valence-electron chi connectivity index (χ2n) is 19.5. The molecule has 0 bridgehead atoms. The number of carbonyl (C=O) groups excluding carboxylic acids is 10. The Morgan fingerprint density at radius 2 is 1.35 bits per heavy atom. The van der Waals surface area contributed by atoms with Crippen LogP contribution < -0.4 is 60.6 Å². The molecule has 4 heterocycles. The number of amides is 10. The number of para-hydroxylation sites is 1. The number of aromatic nitrogens is 3. The summed E-state index contributed by atoms with van der Waals surface area (Å²) in [7, 11) is 0. The number of H-pyrrole nitrogens is 2. The average molecular weight is 1120 g/mol. The molecule has 436 valence electrons. The summed E-state index contributed by atoms with van der Waals surface area (Å²) in [4.78, 5) is 164. The summed E-state index contributed by atoms with van der Waals surface area (Å²) in [6.07, 6.45) is 2.10. The molecule has 0 saturated carbocycles. The SMILES string of the molecule is C[C@@H](O)[C@H](NC(=O)[C@@H]1CCCN1C(=O)[C@@H]1CCCN1C(=O)[C@H](Cc1c[nH]c2ccccc12)NC(=O)[C@H](CC(N)=O)NC(=O)[C@H](CO)NC(=O)[C@H](CCCN=C(N)N)NC(=O)[C@H](Cc1cnc[nH]1)NC(=O)[C@@H](N)CCC(N)=O)C(=O)O. The van der Waals surface area contributed by atoms with Gasteiger partial charge in [0.15, 0.2) is 12.0 Å². The number of hydrogen-bond acceptors (Lipinski definition) is 16. The molecule has 10 amide bonds. The van der Waals surface area contributed by atoms with Crippen molar-refractivity contribution in [2.75, 3.05) is 26.2 Å². The van der Waals surface area contributed by atoms with Gasteiger partial charge < -0.3 is 95.7 Å². The van der Waals surface area contributed by atoms with Crippen LogP contribution in [0.2, 0.25) is 0 Å². The summed E-state index contributed by atoms with van der Waals surface area (Å²) in [5, 5.41) is 45.3. The van der Waals surface area contributed by atoms with E-state index in [1.165, 1.54) is 29.2 Å². The average Bonchev–Trinajstić information content (AvgIpc) is 4.27. The molecule has 0 radical (unpaired) electrons. The molecule has 31 heteroatoms. The number of aromatic amines is 2. The van der Waals surface area contributed by atoms with Gasteiger partial charge >= 0.3 is 5.97 Å². The highest BCUT2D eigenvalue weighted by atomic mass is 16.4. The van der Waals surface area contributed by atoms with E-state index in [-0.39, 0.29) is 77.0 Å². The first-order valence-corrected chi connectivity index (χ1v) is 25.8. The molecule has 1 aromatic carbocycles. The van der Waals surface area contributed by atoms with Crippen LogP contribution >= 0.6 is 0 Å². The van der Waals surface area contributed by atoms with E-state index in [1.807, 2.05) is 0 Å². The number of nitrogens with two attached hydrogens (primary N) is 5. The predicted molar refractivity (Wildman–Crippen MR) is 282 cm³/mol. The van der Waals surface area contributed by atoms with Gasteiger partial charge in [0.05, 0.1) is 31.5 Å². The molecule has 2 saturated heterocycles. The maximum Gasteiger partial charge on any atom is 0.328 e. The van der Waals surface area contributed by atoms with Gasteiger partial charge in [-0.25, -0.2) is 9.78 Å². The van der Waals surface area contributed by atoms with Crippen LogP contribution in [-0.4, -0.2) is 198 Å². The monoisotopic (exact) mass is 1120 g/mol. The number of hydrogen-bond donors (Lipinski definition) is 16. The van der Waals surface area contributed by atoms with Crippen LogP contribution in [0.3, 0.4) is 0 Å². The third kappa shape index (κ3) is 17.4. The van der Waals surface area contributed by atoms with E-state index in [4.69, 9.17) is 28.7 Å². The summed E-state index contributed by atoms with van der Waals surface area (Å²) in [5.74, 6) is -10.9. The fourth-order valence-electron chi connectivity index (χ4n) is 9.34. The number of likely N-dealkylation sites (tertiary alicyclic amines) is 2. The molecule has 5 rings (SSSR count). The van der Waals surface area contributed by atoms with E-state index >= 15 is 0 Å². The highest BCUT2D eigenvalue weighted by Gasteiger charge is 2.45.